The molecule has 2 heterocycles. The zero-order chi connectivity index (χ0) is 38.1. The van der Waals surface area contributed by atoms with E-state index in [0.717, 1.165) is 44.5 Å². The van der Waals surface area contributed by atoms with E-state index in [1.807, 2.05) is 24.5 Å². The molecule has 4 nitrogen and oxygen atoms in total. The minimum Gasteiger partial charge on any atom is -0.276 e. The van der Waals surface area contributed by atoms with Crippen LogP contribution < -0.4 is 0 Å². The van der Waals surface area contributed by atoms with Gasteiger partial charge in [0.1, 0.15) is 6.07 Å². The molecule has 0 atom stereocenters. The molecule has 7 aromatic carbocycles. The first-order valence-corrected chi connectivity index (χ1v) is 18.9. The van der Waals surface area contributed by atoms with Crippen LogP contribution in [0, 0.1) is 17.9 Å². The van der Waals surface area contributed by atoms with Gasteiger partial charge < -0.3 is 0 Å². The fourth-order valence-electron chi connectivity index (χ4n) is 9.40. The maximum absolute atomic E-state index is 9.48. The predicted octanol–water partition coefficient (Wildman–Crippen LogP) is 13.1. The Kier molecular flexibility index (Phi) is 7.17. The van der Waals surface area contributed by atoms with Gasteiger partial charge in [-0.15, -0.1) is 0 Å². The molecule has 4 heteroatoms. The van der Waals surface area contributed by atoms with Crippen molar-refractivity contribution >= 4 is 16.5 Å². The molecule has 0 saturated carbocycles. The molecule has 0 aliphatic heterocycles. The molecule has 2 aliphatic rings. The number of pyridine rings is 2. The van der Waals surface area contributed by atoms with Crippen LogP contribution in [-0.2, 0) is 5.41 Å². The molecule has 0 fully saturated rings. The summed E-state index contributed by atoms with van der Waals surface area (Å²) in [6.07, 6.45) is 6.84. The standard InChI is InChI=1S/C53H30N4/c1-55-43-26-42(31-57-32-43)37-11-7-9-35(24-37)39-17-20-47-48-21-18-40-25-38(34-8-6-10-36(23-34)41-22-33(28-54)29-56-30-41)16-19-44(40)52(48)53(51(47)27-39)49-14-4-2-12-45(49)46-13-3-5-15-50(46)53/h2-27,29-32H. The van der Waals surface area contributed by atoms with E-state index in [4.69, 9.17) is 6.57 Å². The zero-order valence-electron chi connectivity index (χ0n) is 30.6. The van der Waals surface area contributed by atoms with E-state index < -0.39 is 5.41 Å². The zero-order valence-corrected chi connectivity index (χ0v) is 30.6. The van der Waals surface area contributed by atoms with Gasteiger partial charge in [0, 0.05) is 30.4 Å². The fraction of sp³-hybridized carbons (Fsp3) is 0.0189. The molecule has 0 radical (unpaired) electrons. The molecule has 0 amide bonds. The molecule has 9 aromatic rings. The van der Waals surface area contributed by atoms with E-state index in [1.54, 1.807) is 12.4 Å². The minimum atomic E-state index is -0.529. The van der Waals surface area contributed by atoms with Gasteiger partial charge in [-0.2, -0.15) is 5.26 Å². The van der Waals surface area contributed by atoms with Crippen molar-refractivity contribution in [3.05, 3.63) is 222 Å². The van der Waals surface area contributed by atoms with Crippen molar-refractivity contribution in [3.8, 4) is 72.8 Å². The van der Waals surface area contributed by atoms with Gasteiger partial charge in [0.25, 0.3) is 0 Å². The highest BCUT2D eigenvalue weighted by molar-refractivity contribution is 6.05. The highest BCUT2D eigenvalue weighted by Crippen LogP contribution is 2.64. The summed E-state index contributed by atoms with van der Waals surface area (Å²) in [7, 11) is 0. The summed E-state index contributed by atoms with van der Waals surface area (Å²) in [5.41, 5.74) is 19.2. The van der Waals surface area contributed by atoms with Gasteiger partial charge in [-0.25, -0.2) is 4.85 Å². The summed E-state index contributed by atoms with van der Waals surface area (Å²) < 4.78 is 0. The Morgan fingerprint density at radius 2 is 1.02 bits per heavy atom. The Labute approximate surface area is 330 Å². The molecule has 11 rings (SSSR count). The highest BCUT2D eigenvalue weighted by atomic mass is 14.7. The molecule has 1 spiro atoms. The lowest BCUT2D eigenvalue weighted by Crippen LogP contribution is -2.26. The summed E-state index contributed by atoms with van der Waals surface area (Å²) in [6.45, 7) is 7.51. The smallest absolute Gasteiger partial charge is 0.205 e. The van der Waals surface area contributed by atoms with Crippen molar-refractivity contribution in [3.63, 3.8) is 0 Å². The molecule has 0 saturated heterocycles. The first kappa shape index (κ1) is 32.5. The lowest BCUT2D eigenvalue weighted by molar-refractivity contribution is 0.801. The molecule has 0 bridgehead atoms. The van der Waals surface area contributed by atoms with Crippen LogP contribution in [0.1, 0.15) is 27.8 Å². The molecule has 262 valence electrons. The number of rotatable bonds is 4. The van der Waals surface area contributed by atoms with Gasteiger partial charge in [0.15, 0.2) is 0 Å². The number of fused-ring (bicyclic) bond motifs is 12. The van der Waals surface area contributed by atoms with Gasteiger partial charge in [0.05, 0.1) is 17.6 Å². The van der Waals surface area contributed by atoms with E-state index in [-0.39, 0.29) is 0 Å². The van der Waals surface area contributed by atoms with E-state index in [2.05, 4.69) is 166 Å². The Hall–Kier alpha value is -7.92. The molecule has 2 aromatic heterocycles. The Balaban J connectivity index is 1.11. The van der Waals surface area contributed by atoms with Gasteiger partial charge >= 0.3 is 0 Å². The summed E-state index contributed by atoms with van der Waals surface area (Å²) in [4.78, 5) is 12.3. The molecular formula is C53H30N4. The third kappa shape index (κ3) is 4.85. The Morgan fingerprint density at radius 1 is 0.456 bits per heavy atom. The molecular weight excluding hydrogens is 693 g/mol. The van der Waals surface area contributed by atoms with Gasteiger partial charge in [-0.05, 0) is 131 Å². The summed E-state index contributed by atoms with van der Waals surface area (Å²) in [5.74, 6) is 0. The second kappa shape index (κ2) is 12.6. The van der Waals surface area contributed by atoms with Gasteiger partial charge in [0.2, 0.25) is 5.69 Å². The van der Waals surface area contributed by atoms with E-state index >= 15 is 0 Å². The van der Waals surface area contributed by atoms with Crippen molar-refractivity contribution in [1.29, 1.82) is 5.26 Å². The van der Waals surface area contributed by atoms with Crippen molar-refractivity contribution in [2.45, 2.75) is 5.41 Å². The van der Waals surface area contributed by atoms with Crippen molar-refractivity contribution in [2.75, 3.05) is 0 Å². The number of hydrogen-bond acceptors (Lipinski definition) is 3. The first-order valence-electron chi connectivity index (χ1n) is 18.9. The van der Waals surface area contributed by atoms with E-state index in [0.29, 0.717) is 11.3 Å². The van der Waals surface area contributed by atoms with Crippen molar-refractivity contribution in [1.82, 2.24) is 9.97 Å². The lowest BCUT2D eigenvalue weighted by Gasteiger charge is -2.31. The minimum absolute atomic E-state index is 0.529. The highest BCUT2D eigenvalue weighted by Gasteiger charge is 2.52. The average Bonchev–Trinajstić information content (AvgIpc) is 3.76. The predicted molar refractivity (Wildman–Crippen MR) is 229 cm³/mol. The largest absolute Gasteiger partial charge is 0.276 e. The Morgan fingerprint density at radius 3 is 1.70 bits per heavy atom. The third-order valence-electron chi connectivity index (χ3n) is 11.8. The number of nitrogens with zero attached hydrogens (tertiary/aromatic N) is 4. The summed E-state index contributed by atoms with van der Waals surface area (Å²) >= 11 is 0. The van der Waals surface area contributed by atoms with Crippen LogP contribution in [0.2, 0.25) is 0 Å². The van der Waals surface area contributed by atoms with Crippen LogP contribution in [0.5, 0.6) is 0 Å². The SMILES string of the molecule is [C-]#[N+]c1cncc(-c2cccc(-c3ccc4c(c3)C3(c5ccccc5-c5ccccc53)c3c-4ccc4cc(-c5cccc(-c6cncc(C#N)c6)c5)ccc34)c2)c1. The first-order chi connectivity index (χ1) is 28.1. The van der Waals surface area contributed by atoms with Crippen molar-refractivity contribution in [2.24, 2.45) is 0 Å². The Bertz CT molecular complexity index is 3190. The van der Waals surface area contributed by atoms with Crippen molar-refractivity contribution < 1.29 is 0 Å². The number of hydrogen-bond donors (Lipinski definition) is 0. The second-order valence-corrected chi connectivity index (χ2v) is 14.8. The fourth-order valence-corrected chi connectivity index (χ4v) is 9.40. The number of nitriles is 1. The van der Waals surface area contributed by atoms with Crippen LogP contribution in [0.3, 0.4) is 0 Å². The van der Waals surface area contributed by atoms with Crippen LogP contribution >= 0.6 is 0 Å². The maximum Gasteiger partial charge on any atom is 0.205 e. The third-order valence-corrected chi connectivity index (χ3v) is 11.8. The quantitative estimate of drug-likeness (QED) is 0.170. The lowest BCUT2D eigenvalue weighted by atomic mass is 9.69. The van der Waals surface area contributed by atoms with E-state index in [9.17, 15) is 5.26 Å². The normalized spacial score (nSPS) is 12.7. The molecule has 57 heavy (non-hydrogen) atoms. The average molecular weight is 723 g/mol. The molecule has 2 aliphatic carbocycles. The van der Waals surface area contributed by atoms with Gasteiger partial charge in [-0.3, -0.25) is 9.97 Å². The molecule has 0 N–H and O–H groups in total. The second-order valence-electron chi connectivity index (χ2n) is 14.8. The van der Waals surface area contributed by atoms with Gasteiger partial charge in [-0.1, -0.05) is 121 Å². The van der Waals surface area contributed by atoms with Crippen LogP contribution in [0.4, 0.5) is 5.69 Å². The maximum atomic E-state index is 9.48. The van der Waals surface area contributed by atoms with E-state index in [1.165, 1.54) is 55.3 Å². The number of aromatic nitrogens is 2. The van der Waals surface area contributed by atoms with Crippen LogP contribution in [-0.4, -0.2) is 9.97 Å². The monoisotopic (exact) mass is 722 g/mol. The summed E-state index contributed by atoms with van der Waals surface area (Å²) in [6, 6.07) is 59.4. The topological polar surface area (TPSA) is 53.9 Å². The number of benzene rings is 7. The molecule has 0 unspecified atom stereocenters. The van der Waals surface area contributed by atoms with Crippen LogP contribution in [0.25, 0.3) is 82.4 Å². The van der Waals surface area contributed by atoms with Crippen LogP contribution in [0.15, 0.2) is 183 Å². The summed E-state index contributed by atoms with van der Waals surface area (Å²) in [5, 5.41) is 11.9.